The van der Waals surface area contributed by atoms with Crippen LogP contribution in [0.5, 0.6) is 5.75 Å². The molecule has 1 N–H and O–H groups in total. The molecule has 1 aromatic rings. The maximum Gasteiger partial charge on any atom is 0.260 e. The van der Waals surface area contributed by atoms with Gasteiger partial charge in [-0.2, -0.15) is 0 Å². The average Bonchev–Trinajstić information content (AvgIpc) is 3.18. The number of allylic oxidation sites excluding steroid dienone is 1. The molecule has 2 aliphatic heterocycles. The maximum atomic E-state index is 12.8. The minimum Gasteiger partial charge on any atom is -0.497 e. The fourth-order valence-electron chi connectivity index (χ4n) is 3.61. The monoisotopic (exact) mass is 343 g/mol. The van der Waals surface area contributed by atoms with E-state index in [1.165, 1.54) is 22.9 Å². The third kappa shape index (κ3) is 2.59. The summed E-state index contributed by atoms with van der Waals surface area (Å²) in [4.78, 5) is 20.2. The van der Waals surface area contributed by atoms with Crippen LogP contribution < -0.4 is 10.1 Å². The number of nitrogens with one attached hydrogen (secondary N) is 1. The molecular weight excluding hydrogens is 322 g/mol. The van der Waals surface area contributed by atoms with Gasteiger partial charge in [0, 0.05) is 12.2 Å². The number of fused-ring (bicyclic) bond motifs is 2. The van der Waals surface area contributed by atoms with Crippen molar-refractivity contribution in [1.29, 1.82) is 0 Å². The van der Waals surface area contributed by atoms with Gasteiger partial charge in [-0.15, -0.1) is 0 Å². The molecule has 5 nitrogen and oxygen atoms in total. The van der Waals surface area contributed by atoms with Crippen molar-refractivity contribution in [3.05, 3.63) is 39.9 Å². The van der Waals surface area contributed by atoms with Crippen molar-refractivity contribution in [2.45, 2.75) is 32.2 Å². The Morgan fingerprint density at radius 3 is 3.12 bits per heavy atom. The van der Waals surface area contributed by atoms with E-state index in [4.69, 9.17) is 4.74 Å². The smallest absolute Gasteiger partial charge is 0.260 e. The number of aliphatic imine (C=N–C) groups is 1. The first kappa shape index (κ1) is 15.6. The molecule has 0 aromatic heterocycles. The van der Waals surface area contributed by atoms with E-state index in [2.05, 4.69) is 27.3 Å². The molecule has 0 radical (unpaired) electrons. The molecule has 6 heteroatoms. The molecule has 0 unspecified atom stereocenters. The lowest BCUT2D eigenvalue weighted by molar-refractivity contribution is -0.117. The lowest BCUT2D eigenvalue weighted by Gasteiger charge is -2.27. The quantitative estimate of drug-likeness (QED) is 0.917. The zero-order valence-corrected chi connectivity index (χ0v) is 14.8. The van der Waals surface area contributed by atoms with Gasteiger partial charge in [0.2, 0.25) is 0 Å². The summed E-state index contributed by atoms with van der Waals surface area (Å²) in [5, 5.41) is 4.20. The van der Waals surface area contributed by atoms with Gasteiger partial charge in [-0.05, 0) is 61.2 Å². The summed E-state index contributed by atoms with van der Waals surface area (Å²) in [5.74, 6) is 0.896. The third-order valence-corrected chi connectivity index (χ3v) is 6.12. The number of thioether (sulfide) groups is 1. The number of ether oxygens (including phenoxy) is 1. The van der Waals surface area contributed by atoms with E-state index in [0.29, 0.717) is 0 Å². The second kappa shape index (κ2) is 6.16. The number of rotatable bonds is 3. The summed E-state index contributed by atoms with van der Waals surface area (Å²) in [6.07, 6.45) is 3.10. The van der Waals surface area contributed by atoms with Crippen LogP contribution >= 0.6 is 11.8 Å². The fraction of sp³-hybridized carbons (Fsp3) is 0.444. The SMILES string of the molecule is COc1ccc2c(c1)CCC[C@@H]2NC(=O)C1=C(C)N2CCN=C2S1. The molecular formula is C18H21N3O2S. The van der Waals surface area contributed by atoms with Crippen molar-refractivity contribution in [3.8, 4) is 5.75 Å². The largest absolute Gasteiger partial charge is 0.497 e. The standard InChI is InChI=1S/C18H21N3O2S/c1-11-16(24-18-19-8-9-21(11)18)17(22)20-15-5-3-4-12-10-13(23-2)6-7-14(12)15/h6-7,10,15H,3-5,8-9H2,1-2H3,(H,20,22)/t15-/m0/s1. The van der Waals surface area contributed by atoms with E-state index in [-0.39, 0.29) is 11.9 Å². The van der Waals surface area contributed by atoms with Crippen molar-refractivity contribution >= 4 is 22.8 Å². The molecule has 0 spiro atoms. The second-order valence-corrected chi connectivity index (χ2v) is 7.29. The Balaban J connectivity index is 1.54. The van der Waals surface area contributed by atoms with E-state index < -0.39 is 0 Å². The maximum absolute atomic E-state index is 12.8. The first-order valence-corrected chi connectivity index (χ1v) is 9.17. The topological polar surface area (TPSA) is 53.9 Å². The van der Waals surface area contributed by atoms with Crippen LogP contribution in [0.15, 0.2) is 33.8 Å². The number of carbonyl (C=O) groups excluding carboxylic acids is 1. The number of hydrogen-bond donors (Lipinski definition) is 1. The Morgan fingerprint density at radius 1 is 1.46 bits per heavy atom. The Morgan fingerprint density at radius 2 is 2.33 bits per heavy atom. The number of methoxy groups -OCH3 is 1. The molecule has 1 aliphatic carbocycles. The third-order valence-electron chi connectivity index (χ3n) is 4.90. The number of nitrogens with zero attached hydrogens (tertiary/aromatic N) is 2. The highest BCUT2D eigenvalue weighted by atomic mass is 32.2. The van der Waals surface area contributed by atoms with Crippen LogP contribution in [0, 0.1) is 0 Å². The normalized spacial score (nSPS) is 22.2. The average molecular weight is 343 g/mol. The van der Waals surface area contributed by atoms with Crippen LogP contribution in [0.25, 0.3) is 0 Å². The van der Waals surface area contributed by atoms with Crippen LogP contribution in [0.1, 0.15) is 36.9 Å². The summed E-state index contributed by atoms with van der Waals surface area (Å²) < 4.78 is 5.32. The second-order valence-electron chi connectivity index (χ2n) is 6.32. The van der Waals surface area contributed by atoms with Crippen molar-refractivity contribution in [2.24, 2.45) is 4.99 Å². The number of hydrogen-bond acceptors (Lipinski definition) is 5. The van der Waals surface area contributed by atoms with E-state index >= 15 is 0 Å². The first-order chi connectivity index (χ1) is 11.7. The zero-order valence-electron chi connectivity index (χ0n) is 14.0. The molecule has 1 amide bonds. The highest BCUT2D eigenvalue weighted by molar-refractivity contribution is 8.18. The molecule has 0 saturated carbocycles. The fourth-order valence-corrected chi connectivity index (χ4v) is 4.70. The van der Waals surface area contributed by atoms with Gasteiger partial charge in [-0.1, -0.05) is 6.07 Å². The molecule has 24 heavy (non-hydrogen) atoms. The van der Waals surface area contributed by atoms with Crippen LogP contribution in [-0.2, 0) is 11.2 Å². The van der Waals surface area contributed by atoms with Gasteiger partial charge in [0.25, 0.3) is 5.91 Å². The molecule has 2 heterocycles. The first-order valence-electron chi connectivity index (χ1n) is 8.36. The number of amidine groups is 1. The van der Waals surface area contributed by atoms with E-state index in [1.807, 2.05) is 13.0 Å². The van der Waals surface area contributed by atoms with Crippen molar-refractivity contribution in [1.82, 2.24) is 10.2 Å². The lowest BCUT2D eigenvalue weighted by atomic mass is 9.87. The van der Waals surface area contributed by atoms with Crippen LogP contribution in [-0.4, -0.2) is 36.2 Å². The van der Waals surface area contributed by atoms with Crippen molar-refractivity contribution in [3.63, 3.8) is 0 Å². The van der Waals surface area contributed by atoms with Gasteiger partial charge in [0.15, 0.2) is 5.17 Å². The highest BCUT2D eigenvalue weighted by Gasteiger charge is 2.34. The highest BCUT2D eigenvalue weighted by Crippen LogP contribution is 2.38. The predicted molar refractivity (Wildman–Crippen MR) is 96.1 cm³/mol. The molecule has 4 rings (SSSR count). The molecule has 1 atom stereocenters. The Labute approximate surface area is 146 Å². The van der Waals surface area contributed by atoms with Gasteiger partial charge in [0.1, 0.15) is 5.75 Å². The van der Waals surface area contributed by atoms with Gasteiger partial charge < -0.3 is 15.0 Å². The van der Waals surface area contributed by atoms with Gasteiger partial charge in [-0.25, -0.2) is 0 Å². The van der Waals surface area contributed by atoms with Crippen molar-refractivity contribution in [2.75, 3.05) is 20.2 Å². The van der Waals surface area contributed by atoms with Crippen LogP contribution in [0.2, 0.25) is 0 Å². The van der Waals surface area contributed by atoms with Gasteiger partial charge >= 0.3 is 0 Å². The number of carbonyl (C=O) groups is 1. The van der Waals surface area contributed by atoms with Gasteiger partial charge in [-0.3, -0.25) is 9.79 Å². The summed E-state index contributed by atoms with van der Waals surface area (Å²) in [7, 11) is 1.69. The van der Waals surface area contributed by atoms with Gasteiger partial charge in [0.05, 0.1) is 24.6 Å². The molecule has 3 aliphatic rings. The minimum absolute atomic E-state index is 0.0169. The summed E-state index contributed by atoms with van der Waals surface area (Å²) in [6.45, 7) is 3.72. The molecule has 0 bridgehead atoms. The molecule has 1 aromatic carbocycles. The predicted octanol–water partition coefficient (Wildman–Crippen LogP) is 2.84. The summed E-state index contributed by atoms with van der Waals surface area (Å²) in [5.41, 5.74) is 3.52. The minimum atomic E-state index is 0.0169. The lowest BCUT2D eigenvalue weighted by Crippen LogP contribution is -2.31. The van der Waals surface area contributed by atoms with Crippen LogP contribution in [0.3, 0.4) is 0 Å². The zero-order chi connectivity index (χ0) is 16.7. The Kier molecular flexibility index (Phi) is 4.00. The summed E-state index contributed by atoms with van der Waals surface area (Å²) >= 11 is 1.50. The summed E-state index contributed by atoms with van der Waals surface area (Å²) in [6, 6.07) is 6.23. The van der Waals surface area contributed by atoms with E-state index in [1.54, 1.807) is 7.11 Å². The molecule has 0 saturated heterocycles. The van der Waals surface area contributed by atoms with Crippen LogP contribution in [0.4, 0.5) is 0 Å². The Hall–Kier alpha value is -1.95. The Bertz CT molecular complexity index is 757. The molecule has 0 fully saturated rings. The van der Waals surface area contributed by atoms with Crippen molar-refractivity contribution < 1.29 is 9.53 Å². The van der Waals surface area contributed by atoms with E-state index in [9.17, 15) is 4.79 Å². The number of amides is 1. The molecule has 126 valence electrons. The van der Waals surface area contributed by atoms with E-state index in [0.717, 1.165) is 53.9 Å². The number of benzene rings is 1. The number of aryl methyl sites for hydroxylation is 1.